The molecule has 1 unspecified atom stereocenters. The molecular weight excluding hydrogens is 488 g/mol. The van der Waals surface area contributed by atoms with E-state index in [0.29, 0.717) is 34.1 Å². The van der Waals surface area contributed by atoms with E-state index in [9.17, 15) is 24.5 Å². The van der Waals surface area contributed by atoms with Crippen LogP contribution in [-0.4, -0.2) is 52.0 Å². The molecule has 1 aliphatic rings. The summed E-state index contributed by atoms with van der Waals surface area (Å²) in [6.45, 7) is 0.697. The van der Waals surface area contributed by atoms with E-state index >= 15 is 0 Å². The molecule has 1 N–H and O–H groups in total. The largest absolute Gasteiger partial charge is 0.354 e. The number of hydrogen-bond donors (Lipinski definition) is 1. The van der Waals surface area contributed by atoms with Crippen LogP contribution in [0, 0.1) is 10.1 Å². The van der Waals surface area contributed by atoms with Crippen LogP contribution in [0.15, 0.2) is 63.8 Å². The highest BCUT2D eigenvalue weighted by Gasteiger charge is 2.26. The standard InChI is InChI=1S/C22H20N8O5S/c31-18(9-16-12-36-22-24-5-4-19(32)29(16)22)23-6-7-28-20-17(10-26-28)21(33)27(13-25-20)11-14-2-1-3-15(8-14)30(34)35/h1-5,8,10,13,16H,6-7,9,11-12H2,(H,23,31). The zero-order chi connectivity index (χ0) is 25.2. The normalized spacial score (nSPS) is 14.6. The van der Waals surface area contributed by atoms with Gasteiger partial charge >= 0.3 is 0 Å². The number of carbonyl (C=O) groups excluding carboxylic acids is 1. The van der Waals surface area contributed by atoms with E-state index < -0.39 is 4.92 Å². The van der Waals surface area contributed by atoms with Gasteiger partial charge in [0, 0.05) is 43.1 Å². The van der Waals surface area contributed by atoms with Gasteiger partial charge < -0.3 is 5.32 Å². The Morgan fingerprint density at radius 3 is 2.94 bits per heavy atom. The van der Waals surface area contributed by atoms with Gasteiger partial charge in [0.05, 0.1) is 30.3 Å². The molecule has 0 saturated carbocycles. The van der Waals surface area contributed by atoms with E-state index in [0.717, 1.165) is 0 Å². The van der Waals surface area contributed by atoms with Crippen molar-refractivity contribution >= 4 is 34.4 Å². The molecule has 0 radical (unpaired) electrons. The minimum Gasteiger partial charge on any atom is -0.354 e. The lowest BCUT2D eigenvalue weighted by atomic mass is 10.2. The number of thioether (sulfide) groups is 1. The fourth-order valence-electron chi connectivity index (χ4n) is 4.07. The van der Waals surface area contributed by atoms with Gasteiger partial charge in [0.15, 0.2) is 10.8 Å². The summed E-state index contributed by atoms with van der Waals surface area (Å²) in [5.74, 6) is 0.406. The number of rotatable bonds is 8. The fourth-order valence-corrected chi connectivity index (χ4v) is 5.19. The Kier molecular flexibility index (Phi) is 6.33. The Bertz CT molecular complexity index is 1590. The number of carbonyl (C=O) groups is 1. The fraction of sp³-hybridized carbons (Fsp3) is 0.273. The van der Waals surface area contributed by atoms with Crippen molar-refractivity contribution in [1.82, 2.24) is 34.2 Å². The van der Waals surface area contributed by atoms with Gasteiger partial charge in [-0.3, -0.25) is 33.6 Å². The number of fused-ring (bicyclic) bond motifs is 2. The highest BCUT2D eigenvalue weighted by atomic mass is 32.2. The molecule has 1 atom stereocenters. The van der Waals surface area contributed by atoms with Crippen LogP contribution < -0.4 is 16.4 Å². The Hall–Kier alpha value is -4.33. The third-order valence-electron chi connectivity index (χ3n) is 5.78. The van der Waals surface area contributed by atoms with Gasteiger partial charge in [0.1, 0.15) is 11.7 Å². The van der Waals surface area contributed by atoms with Gasteiger partial charge in [-0.25, -0.2) is 14.6 Å². The third-order valence-corrected chi connectivity index (χ3v) is 6.89. The first-order chi connectivity index (χ1) is 17.4. The number of hydrogen-bond acceptors (Lipinski definition) is 9. The van der Waals surface area contributed by atoms with Gasteiger partial charge in [-0.1, -0.05) is 23.9 Å². The molecule has 5 rings (SSSR count). The predicted octanol–water partition coefficient (Wildman–Crippen LogP) is 0.959. The molecule has 1 amide bonds. The molecule has 14 heteroatoms. The maximum atomic E-state index is 12.9. The minimum atomic E-state index is -0.487. The highest BCUT2D eigenvalue weighted by Crippen LogP contribution is 2.31. The number of aromatic nitrogens is 6. The first-order valence-corrected chi connectivity index (χ1v) is 12.0. The summed E-state index contributed by atoms with van der Waals surface area (Å²) in [4.78, 5) is 56.5. The van der Waals surface area contributed by atoms with Crippen LogP contribution in [0.1, 0.15) is 18.0 Å². The molecule has 0 spiro atoms. The number of amides is 1. The van der Waals surface area contributed by atoms with Gasteiger partial charge in [0.2, 0.25) is 5.91 Å². The molecular formula is C22H20N8O5S. The summed E-state index contributed by atoms with van der Waals surface area (Å²) < 4.78 is 4.45. The summed E-state index contributed by atoms with van der Waals surface area (Å²) in [5, 5.41) is 19.0. The molecule has 3 aromatic heterocycles. The van der Waals surface area contributed by atoms with Crippen molar-refractivity contribution < 1.29 is 9.72 Å². The lowest BCUT2D eigenvalue weighted by Gasteiger charge is -2.13. The van der Waals surface area contributed by atoms with E-state index in [1.54, 1.807) is 16.7 Å². The number of benzene rings is 1. The second-order valence-corrected chi connectivity index (χ2v) is 9.15. The van der Waals surface area contributed by atoms with E-state index in [1.165, 1.54) is 57.9 Å². The maximum Gasteiger partial charge on any atom is 0.269 e. The minimum absolute atomic E-state index is 0.0518. The van der Waals surface area contributed by atoms with Crippen molar-refractivity contribution in [2.45, 2.75) is 30.7 Å². The van der Waals surface area contributed by atoms with Crippen molar-refractivity contribution in [1.29, 1.82) is 0 Å². The average Bonchev–Trinajstić information content (AvgIpc) is 3.46. The van der Waals surface area contributed by atoms with Crippen molar-refractivity contribution in [2.24, 2.45) is 0 Å². The van der Waals surface area contributed by atoms with Crippen LogP contribution in [0.25, 0.3) is 11.0 Å². The summed E-state index contributed by atoms with van der Waals surface area (Å²) >= 11 is 1.45. The summed E-state index contributed by atoms with van der Waals surface area (Å²) in [7, 11) is 0. The summed E-state index contributed by atoms with van der Waals surface area (Å²) in [6, 6.07) is 7.20. The van der Waals surface area contributed by atoms with Gasteiger partial charge in [-0.2, -0.15) is 5.10 Å². The lowest BCUT2D eigenvalue weighted by Crippen LogP contribution is -2.32. The number of nitrogens with zero attached hydrogens (tertiary/aromatic N) is 7. The zero-order valence-corrected chi connectivity index (χ0v) is 19.6. The second-order valence-electron chi connectivity index (χ2n) is 8.16. The predicted molar refractivity (Wildman–Crippen MR) is 130 cm³/mol. The molecule has 0 aliphatic carbocycles. The van der Waals surface area contributed by atoms with Crippen molar-refractivity contribution in [2.75, 3.05) is 12.3 Å². The SMILES string of the molecule is O=C(CC1CSc2nccc(=O)n21)NCCn1ncc2c(=O)n(Cc3cccc([N+](=O)[O-])c3)cnc21. The second kappa shape index (κ2) is 9.73. The molecule has 184 valence electrons. The maximum absolute atomic E-state index is 12.9. The molecule has 1 aliphatic heterocycles. The molecule has 4 aromatic rings. The van der Waals surface area contributed by atoms with E-state index in [-0.39, 0.29) is 48.3 Å². The van der Waals surface area contributed by atoms with Gasteiger partial charge in [-0.05, 0) is 5.56 Å². The van der Waals surface area contributed by atoms with Crippen molar-refractivity contribution in [3.63, 3.8) is 0 Å². The van der Waals surface area contributed by atoms with Crippen LogP contribution in [0.3, 0.4) is 0 Å². The lowest BCUT2D eigenvalue weighted by molar-refractivity contribution is -0.384. The Morgan fingerprint density at radius 1 is 1.25 bits per heavy atom. The number of nitro benzene ring substituents is 1. The van der Waals surface area contributed by atoms with Crippen LogP contribution in [0.4, 0.5) is 5.69 Å². The van der Waals surface area contributed by atoms with Crippen molar-refractivity contribution in [3.05, 3.63) is 85.4 Å². The monoisotopic (exact) mass is 508 g/mol. The number of nitro groups is 1. The number of non-ortho nitro benzene ring substituents is 1. The van der Waals surface area contributed by atoms with E-state index in [2.05, 4.69) is 20.4 Å². The summed E-state index contributed by atoms with van der Waals surface area (Å²) in [6.07, 6.45) is 4.42. The molecule has 13 nitrogen and oxygen atoms in total. The first-order valence-electron chi connectivity index (χ1n) is 11.0. The Labute approximate surface area is 206 Å². The smallest absolute Gasteiger partial charge is 0.269 e. The van der Waals surface area contributed by atoms with E-state index in [4.69, 9.17) is 0 Å². The topological polar surface area (TPSA) is 160 Å². The number of nitrogens with one attached hydrogen (secondary N) is 1. The highest BCUT2D eigenvalue weighted by molar-refractivity contribution is 7.99. The van der Waals surface area contributed by atoms with Crippen LogP contribution >= 0.6 is 11.8 Å². The quantitative estimate of drug-likeness (QED) is 0.208. The molecule has 0 saturated heterocycles. The van der Waals surface area contributed by atoms with Crippen molar-refractivity contribution in [3.8, 4) is 0 Å². The Balaban J connectivity index is 1.22. The molecule has 4 heterocycles. The van der Waals surface area contributed by atoms with Crippen LogP contribution in [-0.2, 0) is 17.9 Å². The third kappa shape index (κ3) is 4.62. The van der Waals surface area contributed by atoms with Gasteiger partial charge in [0.25, 0.3) is 16.8 Å². The summed E-state index contributed by atoms with van der Waals surface area (Å²) in [5.41, 5.74) is 0.433. The molecule has 0 bridgehead atoms. The molecule has 1 aromatic carbocycles. The van der Waals surface area contributed by atoms with Crippen LogP contribution in [0.2, 0.25) is 0 Å². The van der Waals surface area contributed by atoms with Crippen LogP contribution in [0.5, 0.6) is 0 Å². The molecule has 36 heavy (non-hydrogen) atoms. The van der Waals surface area contributed by atoms with E-state index in [1.807, 2.05) is 0 Å². The Morgan fingerprint density at radius 2 is 2.11 bits per heavy atom. The van der Waals surface area contributed by atoms with Gasteiger partial charge in [-0.15, -0.1) is 0 Å². The average molecular weight is 509 g/mol. The first kappa shape index (κ1) is 23.4. The molecule has 0 fully saturated rings. The zero-order valence-electron chi connectivity index (χ0n) is 18.8.